The van der Waals surface area contributed by atoms with Crippen molar-refractivity contribution in [2.24, 2.45) is 0 Å². The number of phenols is 1. The smallest absolute Gasteiger partial charge is 0.261 e. The Morgan fingerprint density at radius 1 is 1.06 bits per heavy atom. The Labute approximate surface area is 191 Å². The molecular formula is C23H22ClNO4S2. The largest absolute Gasteiger partial charge is 0.506 e. The summed E-state index contributed by atoms with van der Waals surface area (Å²) < 4.78 is 34.4. The number of aromatic hydroxyl groups is 1. The fourth-order valence-corrected chi connectivity index (χ4v) is 4.74. The molecule has 3 rings (SSSR count). The average Bonchev–Trinajstić information content (AvgIpc) is 2.79. The third kappa shape index (κ3) is 5.01. The van der Waals surface area contributed by atoms with Crippen molar-refractivity contribution in [1.29, 1.82) is 0 Å². The number of benzene rings is 3. The molecule has 0 saturated heterocycles. The summed E-state index contributed by atoms with van der Waals surface area (Å²) in [5.41, 5.74) is 0.397. The van der Waals surface area contributed by atoms with E-state index in [9.17, 15) is 13.5 Å². The predicted octanol–water partition coefficient (Wildman–Crippen LogP) is 6.49. The Hall–Kier alpha value is -2.61. The van der Waals surface area contributed by atoms with E-state index in [1.54, 1.807) is 68.5 Å². The first-order chi connectivity index (χ1) is 14.8. The molecule has 0 fully saturated rings. The van der Waals surface area contributed by atoms with Gasteiger partial charge >= 0.3 is 0 Å². The average molecular weight is 476 g/mol. The highest BCUT2D eigenvalue weighted by Gasteiger charge is 2.18. The second-order valence-electron chi connectivity index (χ2n) is 6.49. The maximum absolute atomic E-state index is 13.0. The lowest BCUT2D eigenvalue weighted by molar-refractivity contribution is 0.440. The van der Waals surface area contributed by atoms with Crippen LogP contribution in [0.1, 0.15) is 13.8 Å². The number of thioether (sulfide) groups is 1. The lowest BCUT2D eigenvalue weighted by Gasteiger charge is -2.14. The Bertz CT molecular complexity index is 1270. The second-order valence-corrected chi connectivity index (χ2v) is 9.43. The van der Waals surface area contributed by atoms with Crippen molar-refractivity contribution >= 4 is 49.8 Å². The fraction of sp³-hybridized carbons (Fsp3) is 0.130. The van der Waals surface area contributed by atoms with Gasteiger partial charge in [0.15, 0.2) is 0 Å². The number of ether oxygens (including phenoxy) is 1. The maximum Gasteiger partial charge on any atom is 0.261 e. The standard InChI is InChI=1S/C23H22ClNO4S2/c1-4-19(24)21(5-2)29-15-10-12-16(13-11-15)31(27,28)25-20-14-22(30-3)23(26)18-9-7-6-8-17(18)20/h4-14,25-26H,1-3H3/b19-4+,21-5+. The molecule has 0 aromatic heterocycles. The highest BCUT2D eigenvalue weighted by Crippen LogP contribution is 2.39. The van der Waals surface area contributed by atoms with E-state index >= 15 is 0 Å². The number of rotatable bonds is 7. The van der Waals surface area contributed by atoms with Gasteiger partial charge in [-0.25, -0.2) is 8.42 Å². The maximum atomic E-state index is 13.0. The molecule has 0 aliphatic rings. The number of sulfonamides is 1. The van der Waals surface area contributed by atoms with Crippen LogP contribution < -0.4 is 9.46 Å². The summed E-state index contributed by atoms with van der Waals surface area (Å²) >= 11 is 7.44. The van der Waals surface area contributed by atoms with E-state index < -0.39 is 10.0 Å². The lowest BCUT2D eigenvalue weighted by Crippen LogP contribution is -2.13. The summed E-state index contributed by atoms with van der Waals surface area (Å²) in [4.78, 5) is 0.668. The summed E-state index contributed by atoms with van der Waals surface area (Å²) in [6.45, 7) is 3.60. The topological polar surface area (TPSA) is 75.6 Å². The first kappa shape index (κ1) is 23.1. The van der Waals surface area contributed by atoms with Crippen LogP contribution in [0.5, 0.6) is 11.5 Å². The van der Waals surface area contributed by atoms with E-state index in [4.69, 9.17) is 16.3 Å². The van der Waals surface area contributed by atoms with Crippen LogP contribution in [0.25, 0.3) is 10.8 Å². The van der Waals surface area contributed by atoms with Gasteiger partial charge in [-0.15, -0.1) is 11.8 Å². The summed E-state index contributed by atoms with van der Waals surface area (Å²) in [6.07, 6.45) is 5.26. The first-order valence-electron chi connectivity index (χ1n) is 9.38. The number of fused-ring (bicyclic) bond motifs is 1. The molecule has 0 saturated carbocycles. The molecule has 0 aliphatic carbocycles. The van der Waals surface area contributed by atoms with Crippen molar-refractivity contribution in [3.8, 4) is 11.5 Å². The molecule has 0 atom stereocenters. The summed E-state index contributed by atoms with van der Waals surface area (Å²) in [7, 11) is -3.86. The minimum absolute atomic E-state index is 0.0851. The Balaban J connectivity index is 1.92. The van der Waals surface area contributed by atoms with E-state index in [-0.39, 0.29) is 10.6 Å². The molecule has 3 aromatic rings. The SMILES string of the molecule is C/C=C(Cl)\C(=C/C)Oc1ccc(S(=O)(=O)Nc2cc(SC)c(O)c3ccccc23)cc1. The Morgan fingerprint density at radius 2 is 1.71 bits per heavy atom. The molecule has 0 radical (unpaired) electrons. The Morgan fingerprint density at radius 3 is 2.29 bits per heavy atom. The van der Waals surface area contributed by atoms with Gasteiger partial charge in [-0.3, -0.25) is 4.72 Å². The van der Waals surface area contributed by atoms with Crippen molar-refractivity contribution in [2.75, 3.05) is 11.0 Å². The van der Waals surface area contributed by atoms with Crippen LogP contribution in [-0.2, 0) is 10.0 Å². The van der Waals surface area contributed by atoms with E-state index in [2.05, 4.69) is 4.72 Å². The van der Waals surface area contributed by atoms with E-state index in [0.717, 1.165) is 0 Å². The van der Waals surface area contributed by atoms with Crippen LogP contribution in [0.2, 0.25) is 0 Å². The molecule has 0 spiro atoms. The van der Waals surface area contributed by atoms with Gasteiger partial charge in [0, 0.05) is 10.8 Å². The zero-order chi connectivity index (χ0) is 22.6. The quantitative estimate of drug-likeness (QED) is 0.177. The number of hydrogen-bond donors (Lipinski definition) is 2. The first-order valence-corrected chi connectivity index (χ1v) is 12.5. The van der Waals surface area contributed by atoms with E-state index in [0.29, 0.717) is 37.9 Å². The van der Waals surface area contributed by atoms with Crippen molar-refractivity contribution < 1.29 is 18.3 Å². The van der Waals surface area contributed by atoms with Gasteiger partial charge in [-0.05, 0) is 56.5 Å². The van der Waals surface area contributed by atoms with E-state index in [1.165, 1.54) is 23.9 Å². The molecule has 162 valence electrons. The number of allylic oxidation sites excluding steroid dienone is 3. The van der Waals surface area contributed by atoms with Crippen LogP contribution in [0, 0.1) is 0 Å². The van der Waals surface area contributed by atoms with Gasteiger partial charge in [0.1, 0.15) is 17.3 Å². The minimum atomic E-state index is -3.86. The van der Waals surface area contributed by atoms with Crippen LogP contribution in [0.15, 0.2) is 87.3 Å². The zero-order valence-electron chi connectivity index (χ0n) is 17.2. The number of hydrogen-bond acceptors (Lipinski definition) is 5. The minimum Gasteiger partial charge on any atom is -0.506 e. The monoisotopic (exact) mass is 475 g/mol. The van der Waals surface area contributed by atoms with Crippen molar-refractivity contribution in [1.82, 2.24) is 0 Å². The second kappa shape index (κ2) is 9.68. The van der Waals surface area contributed by atoms with Gasteiger partial charge in [0.2, 0.25) is 0 Å². The zero-order valence-corrected chi connectivity index (χ0v) is 19.6. The molecule has 2 N–H and O–H groups in total. The summed E-state index contributed by atoms with van der Waals surface area (Å²) in [6, 6.07) is 14.8. The van der Waals surface area contributed by atoms with Gasteiger partial charge < -0.3 is 9.84 Å². The van der Waals surface area contributed by atoms with Gasteiger partial charge in [0.05, 0.1) is 20.5 Å². The number of halogens is 1. The predicted molar refractivity (Wildman–Crippen MR) is 129 cm³/mol. The molecule has 8 heteroatoms. The molecule has 0 bridgehead atoms. The Kier molecular flexibility index (Phi) is 7.20. The van der Waals surface area contributed by atoms with Gasteiger partial charge in [-0.1, -0.05) is 41.9 Å². The highest BCUT2D eigenvalue weighted by atomic mass is 35.5. The van der Waals surface area contributed by atoms with Gasteiger partial charge in [-0.2, -0.15) is 0 Å². The summed E-state index contributed by atoms with van der Waals surface area (Å²) in [5, 5.41) is 12.1. The number of phenolic OH excluding ortho intramolecular Hbond substituents is 1. The van der Waals surface area contributed by atoms with Crippen LogP contribution >= 0.6 is 23.4 Å². The highest BCUT2D eigenvalue weighted by molar-refractivity contribution is 7.98. The van der Waals surface area contributed by atoms with Crippen LogP contribution in [0.4, 0.5) is 5.69 Å². The molecule has 0 aliphatic heterocycles. The van der Waals surface area contributed by atoms with Crippen molar-refractivity contribution in [3.05, 3.63) is 77.5 Å². The molecule has 0 heterocycles. The van der Waals surface area contributed by atoms with Gasteiger partial charge in [0.25, 0.3) is 10.0 Å². The fourth-order valence-electron chi connectivity index (χ4n) is 2.98. The molecule has 0 unspecified atom stereocenters. The summed E-state index contributed by atoms with van der Waals surface area (Å²) in [5.74, 6) is 1.08. The van der Waals surface area contributed by atoms with Crippen molar-refractivity contribution in [2.45, 2.75) is 23.6 Å². The van der Waals surface area contributed by atoms with Crippen molar-refractivity contribution in [3.63, 3.8) is 0 Å². The number of anilines is 1. The van der Waals surface area contributed by atoms with E-state index in [1.807, 2.05) is 6.26 Å². The number of nitrogens with one attached hydrogen (secondary N) is 1. The normalized spacial score (nSPS) is 12.8. The third-order valence-electron chi connectivity index (χ3n) is 4.56. The van der Waals surface area contributed by atoms with Crippen LogP contribution in [-0.4, -0.2) is 19.8 Å². The third-order valence-corrected chi connectivity index (χ3v) is 7.10. The van der Waals surface area contributed by atoms with Crippen LogP contribution in [0.3, 0.4) is 0 Å². The molecule has 5 nitrogen and oxygen atoms in total. The molecule has 3 aromatic carbocycles. The molecule has 0 amide bonds. The lowest BCUT2D eigenvalue weighted by atomic mass is 10.1. The molecule has 31 heavy (non-hydrogen) atoms. The molecular weight excluding hydrogens is 454 g/mol.